The van der Waals surface area contributed by atoms with E-state index in [9.17, 15) is 4.39 Å². The average molecular weight is 328 g/mol. The lowest BCUT2D eigenvalue weighted by atomic mass is 9.96. The third kappa shape index (κ3) is 3.01. The van der Waals surface area contributed by atoms with Gasteiger partial charge >= 0.3 is 0 Å². The number of halogens is 2. The van der Waals surface area contributed by atoms with E-state index in [2.05, 4.69) is 26.1 Å². The van der Waals surface area contributed by atoms with Crippen LogP contribution in [-0.4, -0.2) is 16.7 Å². The Morgan fingerprint density at radius 3 is 2.79 bits per heavy atom. The van der Waals surface area contributed by atoms with Crippen LogP contribution in [0.15, 0.2) is 27.2 Å². The van der Waals surface area contributed by atoms with Crippen molar-refractivity contribution in [2.75, 3.05) is 6.54 Å². The highest BCUT2D eigenvalue weighted by molar-refractivity contribution is 9.10. The number of aromatic nitrogens is 2. The van der Waals surface area contributed by atoms with Crippen molar-refractivity contribution in [3.8, 4) is 11.4 Å². The SMILES string of the molecule is CC(C)C(CN)c1nc(-c2cc(F)ccc2Br)no1. The normalized spacial score (nSPS) is 12.9. The van der Waals surface area contributed by atoms with Gasteiger partial charge in [0.2, 0.25) is 11.7 Å². The maximum Gasteiger partial charge on any atom is 0.231 e. The van der Waals surface area contributed by atoms with E-state index in [4.69, 9.17) is 10.3 Å². The third-order valence-electron chi connectivity index (χ3n) is 2.99. The van der Waals surface area contributed by atoms with Gasteiger partial charge in [-0.05, 0) is 24.1 Å². The Morgan fingerprint density at radius 1 is 1.42 bits per heavy atom. The van der Waals surface area contributed by atoms with Gasteiger partial charge in [-0.25, -0.2) is 4.39 Å². The highest BCUT2D eigenvalue weighted by atomic mass is 79.9. The molecule has 1 atom stereocenters. The lowest BCUT2D eigenvalue weighted by Crippen LogP contribution is -2.18. The van der Waals surface area contributed by atoms with Gasteiger partial charge in [-0.15, -0.1) is 0 Å². The summed E-state index contributed by atoms with van der Waals surface area (Å²) in [6.45, 7) is 4.52. The molecule has 19 heavy (non-hydrogen) atoms. The van der Waals surface area contributed by atoms with Crippen molar-refractivity contribution in [2.45, 2.75) is 19.8 Å². The van der Waals surface area contributed by atoms with Crippen LogP contribution in [-0.2, 0) is 0 Å². The van der Waals surface area contributed by atoms with Gasteiger partial charge < -0.3 is 10.3 Å². The minimum atomic E-state index is -0.344. The molecule has 0 aliphatic carbocycles. The molecule has 2 N–H and O–H groups in total. The van der Waals surface area contributed by atoms with Gasteiger partial charge in [0, 0.05) is 16.6 Å². The highest BCUT2D eigenvalue weighted by Gasteiger charge is 2.22. The molecule has 0 saturated heterocycles. The quantitative estimate of drug-likeness (QED) is 0.935. The van der Waals surface area contributed by atoms with Crippen LogP contribution in [0.5, 0.6) is 0 Å². The predicted octanol–water partition coefficient (Wildman–Crippen LogP) is 3.34. The van der Waals surface area contributed by atoms with Crippen LogP contribution in [0.25, 0.3) is 11.4 Å². The van der Waals surface area contributed by atoms with Crippen LogP contribution < -0.4 is 5.73 Å². The molecule has 1 heterocycles. The Morgan fingerprint density at radius 2 is 2.16 bits per heavy atom. The van der Waals surface area contributed by atoms with Crippen LogP contribution in [0.4, 0.5) is 4.39 Å². The standard InChI is InChI=1S/C13H15BrFN3O/c1-7(2)10(6-16)13-17-12(18-19-13)9-5-8(15)3-4-11(9)14/h3-5,7,10H,6,16H2,1-2H3. The lowest BCUT2D eigenvalue weighted by Gasteiger charge is -2.13. The smallest absolute Gasteiger partial charge is 0.231 e. The number of rotatable bonds is 4. The van der Waals surface area contributed by atoms with Gasteiger partial charge in [0.25, 0.3) is 0 Å². The second kappa shape index (κ2) is 5.79. The summed E-state index contributed by atoms with van der Waals surface area (Å²) in [7, 11) is 0. The molecule has 0 radical (unpaired) electrons. The molecule has 0 spiro atoms. The molecule has 0 fully saturated rings. The topological polar surface area (TPSA) is 64.9 Å². The second-order valence-electron chi connectivity index (χ2n) is 4.67. The van der Waals surface area contributed by atoms with Crippen molar-refractivity contribution in [1.82, 2.24) is 10.1 Å². The zero-order chi connectivity index (χ0) is 14.0. The summed E-state index contributed by atoms with van der Waals surface area (Å²) in [5.41, 5.74) is 6.28. The van der Waals surface area contributed by atoms with Gasteiger partial charge in [-0.3, -0.25) is 0 Å². The Labute approximate surface area is 119 Å². The van der Waals surface area contributed by atoms with Gasteiger partial charge in [-0.1, -0.05) is 34.9 Å². The molecule has 1 unspecified atom stereocenters. The molecule has 0 saturated carbocycles. The molecule has 0 aliphatic rings. The molecule has 2 rings (SSSR count). The molecule has 2 aromatic rings. The zero-order valence-electron chi connectivity index (χ0n) is 10.7. The first-order chi connectivity index (χ1) is 9.02. The first kappa shape index (κ1) is 14.1. The zero-order valence-corrected chi connectivity index (χ0v) is 12.3. The molecular weight excluding hydrogens is 313 g/mol. The van der Waals surface area contributed by atoms with E-state index < -0.39 is 0 Å². The van der Waals surface area contributed by atoms with E-state index in [0.29, 0.717) is 29.7 Å². The largest absolute Gasteiger partial charge is 0.339 e. The fraction of sp³-hybridized carbons (Fsp3) is 0.385. The molecule has 102 valence electrons. The van der Waals surface area contributed by atoms with Crippen molar-refractivity contribution < 1.29 is 8.91 Å². The minimum absolute atomic E-state index is 0.00795. The number of hydrogen-bond donors (Lipinski definition) is 1. The molecule has 4 nitrogen and oxygen atoms in total. The van der Waals surface area contributed by atoms with Crippen LogP contribution in [0.3, 0.4) is 0 Å². The molecule has 6 heteroatoms. The Kier molecular flexibility index (Phi) is 4.31. The molecule has 1 aromatic heterocycles. The summed E-state index contributed by atoms with van der Waals surface area (Å²) < 4.78 is 19.2. The molecule has 0 bridgehead atoms. The number of nitrogens with zero attached hydrogens (tertiary/aromatic N) is 2. The van der Waals surface area contributed by atoms with E-state index in [0.717, 1.165) is 4.47 Å². The van der Waals surface area contributed by atoms with Crippen LogP contribution in [0.2, 0.25) is 0 Å². The average Bonchev–Trinajstić information content (AvgIpc) is 2.82. The van der Waals surface area contributed by atoms with Crippen molar-refractivity contribution in [3.63, 3.8) is 0 Å². The molecule has 0 aliphatic heterocycles. The van der Waals surface area contributed by atoms with Crippen LogP contribution in [0, 0.1) is 11.7 Å². The monoisotopic (exact) mass is 327 g/mol. The summed E-state index contributed by atoms with van der Waals surface area (Å²) in [6.07, 6.45) is 0. The second-order valence-corrected chi connectivity index (χ2v) is 5.52. The van der Waals surface area contributed by atoms with E-state index in [1.807, 2.05) is 13.8 Å². The summed E-state index contributed by atoms with van der Waals surface area (Å²) >= 11 is 3.35. The summed E-state index contributed by atoms with van der Waals surface area (Å²) in [6, 6.07) is 4.35. The van der Waals surface area contributed by atoms with E-state index in [1.54, 1.807) is 6.07 Å². The first-order valence-corrected chi connectivity index (χ1v) is 6.81. The fourth-order valence-corrected chi connectivity index (χ4v) is 2.25. The molecule has 0 amide bonds. The molecule has 1 aromatic carbocycles. The Bertz CT molecular complexity index is 571. The van der Waals surface area contributed by atoms with Gasteiger partial charge in [0.1, 0.15) is 5.82 Å². The predicted molar refractivity (Wildman–Crippen MR) is 74.0 cm³/mol. The van der Waals surface area contributed by atoms with Crippen molar-refractivity contribution in [1.29, 1.82) is 0 Å². The van der Waals surface area contributed by atoms with Gasteiger partial charge in [-0.2, -0.15) is 4.98 Å². The summed E-state index contributed by atoms with van der Waals surface area (Å²) in [4.78, 5) is 4.32. The maximum absolute atomic E-state index is 13.3. The first-order valence-electron chi connectivity index (χ1n) is 6.02. The van der Waals surface area contributed by atoms with E-state index in [-0.39, 0.29) is 11.7 Å². The third-order valence-corrected chi connectivity index (χ3v) is 3.68. The van der Waals surface area contributed by atoms with E-state index in [1.165, 1.54) is 12.1 Å². The fourth-order valence-electron chi connectivity index (χ4n) is 1.82. The van der Waals surface area contributed by atoms with Gasteiger partial charge in [0.15, 0.2) is 0 Å². The van der Waals surface area contributed by atoms with Crippen molar-refractivity contribution in [3.05, 3.63) is 34.4 Å². The van der Waals surface area contributed by atoms with Crippen molar-refractivity contribution in [2.24, 2.45) is 11.7 Å². The Hall–Kier alpha value is -1.27. The van der Waals surface area contributed by atoms with E-state index >= 15 is 0 Å². The van der Waals surface area contributed by atoms with Crippen LogP contribution >= 0.6 is 15.9 Å². The van der Waals surface area contributed by atoms with Gasteiger partial charge in [0.05, 0.1) is 5.92 Å². The Balaban J connectivity index is 2.38. The minimum Gasteiger partial charge on any atom is -0.339 e. The number of hydrogen-bond acceptors (Lipinski definition) is 4. The molecular formula is C13H15BrFN3O. The van der Waals surface area contributed by atoms with Crippen molar-refractivity contribution >= 4 is 15.9 Å². The number of benzene rings is 1. The summed E-state index contributed by atoms with van der Waals surface area (Å²) in [5.74, 6) is 0.816. The van der Waals surface area contributed by atoms with Crippen LogP contribution in [0.1, 0.15) is 25.7 Å². The number of nitrogens with two attached hydrogens (primary N) is 1. The maximum atomic E-state index is 13.3. The lowest BCUT2D eigenvalue weighted by molar-refractivity contribution is 0.324. The highest BCUT2D eigenvalue weighted by Crippen LogP contribution is 2.29. The summed E-state index contributed by atoms with van der Waals surface area (Å²) in [5, 5.41) is 3.90.